The molecular formula is C19H19FN4O3. The minimum Gasteiger partial charge on any atom is -0.322 e. The monoisotopic (exact) mass is 370 g/mol. The highest BCUT2D eigenvalue weighted by molar-refractivity contribution is 6.08. The van der Waals surface area contributed by atoms with Crippen molar-refractivity contribution < 1.29 is 18.8 Å². The molecule has 0 radical (unpaired) electrons. The summed E-state index contributed by atoms with van der Waals surface area (Å²) in [7, 11) is 0. The minimum absolute atomic E-state index is 0.0612. The maximum Gasteiger partial charge on any atom is 0.344 e. The maximum absolute atomic E-state index is 13.6. The summed E-state index contributed by atoms with van der Waals surface area (Å²) >= 11 is 0. The maximum atomic E-state index is 13.6. The summed E-state index contributed by atoms with van der Waals surface area (Å²) in [6.07, 6.45) is 0.952. The summed E-state index contributed by atoms with van der Waals surface area (Å²) in [5, 5.41) is 5.48. The molecule has 7 nitrogen and oxygen atoms in total. The first kappa shape index (κ1) is 18.4. The summed E-state index contributed by atoms with van der Waals surface area (Å²) in [6.45, 7) is 1.60. The molecule has 8 heteroatoms. The molecule has 0 aromatic heterocycles. The summed E-state index contributed by atoms with van der Waals surface area (Å²) in [6, 6.07) is 13.5. The van der Waals surface area contributed by atoms with Gasteiger partial charge in [0.1, 0.15) is 11.4 Å². The number of rotatable bonds is 5. The molecular weight excluding hydrogens is 351 g/mol. The van der Waals surface area contributed by atoms with Gasteiger partial charge in [-0.25, -0.2) is 19.4 Å². The second-order valence-electron chi connectivity index (χ2n) is 6.43. The van der Waals surface area contributed by atoms with Gasteiger partial charge < -0.3 is 10.6 Å². The topological polar surface area (TPSA) is 90.5 Å². The van der Waals surface area contributed by atoms with Gasteiger partial charge in [-0.05, 0) is 37.5 Å². The van der Waals surface area contributed by atoms with Crippen molar-refractivity contribution in [1.82, 2.24) is 15.8 Å². The molecule has 2 aromatic rings. The van der Waals surface area contributed by atoms with Gasteiger partial charge >= 0.3 is 12.1 Å². The number of hydrazine groups is 1. The van der Waals surface area contributed by atoms with E-state index in [9.17, 15) is 18.8 Å². The van der Waals surface area contributed by atoms with Crippen molar-refractivity contribution >= 4 is 23.7 Å². The number of nitrogens with zero attached hydrogens (tertiary/aromatic N) is 1. The number of hydrogen-bond donors (Lipinski definition) is 3. The van der Waals surface area contributed by atoms with Gasteiger partial charge in [-0.2, -0.15) is 5.01 Å². The second-order valence-corrected chi connectivity index (χ2v) is 6.43. The molecule has 0 spiro atoms. The van der Waals surface area contributed by atoms with Crippen molar-refractivity contribution in [2.45, 2.75) is 25.3 Å². The Labute approximate surface area is 155 Å². The van der Waals surface area contributed by atoms with Gasteiger partial charge in [0.2, 0.25) is 0 Å². The smallest absolute Gasteiger partial charge is 0.322 e. The Bertz CT molecular complexity index is 874. The average molecular weight is 370 g/mol. The number of urea groups is 2. The molecule has 3 N–H and O–H groups in total. The Morgan fingerprint density at radius 1 is 1.11 bits per heavy atom. The number of amides is 5. The Morgan fingerprint density at radius 2 is 1.78 bits per heavy atom. The Hall–Kier alpha value is -3.42. The standard InChI is InChI=1S/C19H19FN4O3/c1-19(12-11-13-7-3-2-4-8-13)16(25)24(18(27)22-19)23-17(26)21-15-10-6-5-9-14(15)20/h2-10H,11-12H2,1H3,(H,22,27)(H2,21,23,26)/t19-/m0/s1. The molecule has 3 rings (SSSR count). The van der Waals surface area contributed by atoms with Crippen LogP contribution in [0.4, 0.5) is 19.7 Å². The third kappa shape index (κ3) is 4.05. The molecule has 27 heavy (non-hydrogen) atoms. The molecule has 1 saturated heterocycles. The average Bonchev–Trinajstić information content (AvgIpc) is 2.86. The highest BCUT2D eigenvalue weighted by atomic mass is 19.1. The predicted molar refractivity (Wildman–Crippen MR) is 97.1 cm³/mol. The van der Waals surface area contributed by atoms with Crippen molar-refractivity contribution in [3.63, 3.8) is 0 Å². The van der Waals surface area contributed by atoms with Crippen LogP contribution in [0.25, 0.3) is 0 Å². The number of para-hydroxylation sites is 1. The van der Waals surface area contributed by atoms with Crippen molar-refractivity contribution in [3.05, 3.63) is 66.0 Å². The number of carbonyl (C=O) groups is 3. The lowest BCUT2D eigenvalue weighted by atomic mass is 9.93. The molecule has 0 unspecified atom stereocenters. The van der Waals surface area contributed by atoms with E-state index in [4.69, 9.17) is 0 Å². The number of halogens is 1. The van der Waals surface area contributed by atoms with Gasteiger partial charge in [-0.15, -0.1) is 0 Å². The number of nitrogens with one attached hydrogen (secondary N) is 3. The van der Waals surface area contributed by atoms with Crippen molar-refractivity contribution in [1.29, 1.82) is 0 Å². The molecule has 1 heterocycles. The highest BCUT2D eigenvalue weighted by Crippen LogP contribution is 2.22. The number of imide groups is 1. The molecule has 0 bridgehead atoms. The predicted octanol–water partition coefficient (Wildman–Crippen LogP) is 2.81. The van der Waals surface area contributed by atoms with Crippen LogP contribution < -0.4 is 16.1 Å². The van der Waals surface area contributed by atoms with Crippen molar-refractivity contribution in [3.8, 4) is 0 Å². The summed E-state index contributed by atoms with van der Waals surface area (Å²) in [5.74, 6) is -1.20. The molecule has 1 fully saturated rings. The van der Waals surface area contributed by atoms with E-state index in [0.29, 0.717) is 17.9 Å². The van der Waals surface area contributed by atoms with E-state index in [0.717, 1.165) is 5.56 Å². The first-order chi connectivity index (χ1) is 12.9. The van der Waals surface area contributed by atoms with E-state index in [1.165, 1.54) is 18.2 Å². The Morgan fingerprint density at radius 3 is 2.48 bits per heavy atom. The van der Waals surface area contributed by atoms with E-state index in [-0.39, 0.29) is 5.69 Å². The van der Waals surface area contributed by atoms with Crippen LogP contribution in [-0.2, 0) is 11.2 Å². The quantitative estimate of drug-likeness (QED) is 0.707. The fraction of sp³-hybridized carbons (Fsp3) is 0.211. The molecule has 1 atom stereocenters. The lowest BCUT2D eigenvalue weighted by Gasteiger charge is -2.21. The first-order valence-corrected chi connectivity index (χ1v) is 8.42. The third-order valence-electron chi connectivity index (χ3n) is 4.35. The zero-order valence-corrected chi connectivity index (χ0v) is 14.7. The Balaban J connectivity index is 1.63. The largest absolute Gasteiger partial charge is 0.344 e. The number of hydrogen-bond acceptors (Lipinski definition) is 3. The van der Waals surface area contributed by atoms with E-state index in [1.807, 2.05) is 30.3 Å². The zero-order valence-electron chi connectivity index (χ0n) is 14.7. The van der Waals surface area contributed by atoms with E-state index in [1.54, 1.807) is 13.0 Å². The van der Waals surface area contributed by atoms with Gasteiger partial charge in [-0.3, -0.25) is 4.79 Å². The molecule has 5 amide bonds. The lowest BCUT2D eigenvalue weighted by molar-refractivity contribution is -0.132. The fourth-order valence-corrected chi connectivity index (χ4v) is 2.81. The van der Waals surface area contributed by atoms with Gasteiger partial charge in [0.25, 0.3) is 5.91 Å². The van der Waals surface area contributed by atoms with E-state index < -0.39 is 29.3 Å². The van der Waals surface area contributed by atoms with Crippen molar-refractivity contribution in [2.24, 2.45) is 0 Å². The number of aryl methyl sites for hydroxylation is 1. The van der Waals surface area contributed by atoms with Gasteiger partial charge in [0, 0.05) is 0 Å². The number of benzene rings is 2. The normalized spacial score (nSPS) is 19.0. The highest BCUT2D eigenvalue weighted by Gasteiger charge is 2.48. The molecule has 1 aliphatic rings. The van der Waals surface area contributed by atoms with Crippen LogP contribution in [0.15, 0.2) is 54.6 Å². The van der Waals surface area contributed by atoms with Crippen LogP contribution in [0, 0.1) is 5.82 Å². The van der Waals surface area contributed by atoms with Crippen LogP contribution in [0.1, 0.15) is 18.9 Å². The second kappa shape index (κ2) is 7.45. The minimum atomic E-state index is -1.14. The fourth-order valence-electron chi connectivity index (χ4n) is 2.81. The van der Waals surface area contributed by atoms with Crippen LogP contribution in [-0.4, -0.2) is 28.5 Å². The van der Waals surface area contributed by atoms with Crippen LogP contribution in [0.2, 0.25) is 0 Å². The van der Waals surface area contributed by atoms with E-state index >= 15 is 0 Å². The molecule has 140 valence electrons. The first-order valence-electron chi connectivity index (χ1n) is 8.42. The van der Waals surface area contributed by atoms with Crippen LogP contribution in [0.5, 0.6) is 0 Å². The van der Waals surface area contributed by atoms with Crippen LogP contribution >= 0.6 is 0 Å². The third-order valence-corrected chi connectivity index (χ3v) is 4.35. The van der Waals surface area contributed by atoms with Gasteiger partial charge in [-0.1, -0.05) is 42.5 Å². The van der Waals surface area contributed by atoms with Gasteiger partial charge in [0.15, 0.2) is 0 Å². The van der Waals surface area contributed by atoms with Crippen molar-refractivity contribution in [2.75, 3.05) is 5.32 Å². The molecule has 0 saturated carbocycles. The molecule has 2 aromatic carbocycles. The molecule has 0 aliphatic carbocycles. The summed E-state index contributed by atoms with van der Waals surface area (Å²) in [4.78, 5) is 36.8. The lowest BCUT2D eigenvalue weighted by Crippen LogP contribution is -2.50. The van der Waals surface area contributed by atoms with Gasteiger partial charge in [0.05, 0.1) is 5.69 Å². The number of anilines is 1. The number of carbonyl (C=O) groups excluding carboxylic acids is 3. The SMILES string of the molecule is C[C@@]1(CCc2ccccc2)NC(=O)N(NC(=O)Nc2ccccc2F)C1=O. The van der Waals surface area contributed by atoms with Crippen LogP contribution in [0.3, 0.4) is 0 Å². The Kier molecular flexibility index (Phi) is 5.07. The summed E-state index contributed by atoms with van der Waals surface area (Å²) in [5.41, 5.74) is 1.99. The van der Waals surface area contributed by atoms with E-state index in [2.05, 4.69) is 16.1 Å². The molecule has 1 aliphatic heterocycles. The summed E-state index contributed by atoms with van der Waals surface area (Å²) < 4.78 is 13.6. The zero-order chi connectivity index (χ0) is 19.4.